The Kier molecular flexibility index (Phi) is 5.28. The minimum Gasteiger partial charge on any atom is -0.465 e. The summed E-state index contributed by atoms with van der Waals surface area (Å²) in [4.78, 5) is 33.9. The van der Waals surface area contributed by atoms with Gasteiger partial charge in [-0.2, -0.15) is 0 Å². The van der Waals surface area contributed by atoms with Crippen LogP contribution in [0.1, 0.15) is 20.7 Å². The van der Waals surface area contributed by atoms with E-state index >= 15 is 0 Å². The van der Waals surface area contributed by atoms with Crippen LogP contribution in [-0.4, -0.2) is 31.8 Å². The van der Waals surface area contributed by atoms with Crippen LogP contribution in [0.5, 0.6) is 0 Å². The van der Waals surface area contributed by atoms with Crippen molar-refractivity contribution >= 4 is 17.9 Å². The molecule has 19 heavy (non-hydrogen) atoms. The van der Waals surface area contributed by atoms with Crippen molar-refractivity contribution in [2.75, 3.05) is 13.9 Å². The fourth-order valence-electron chi connectivity index (χ4n) is 1.23. The Labute approximate surface area is 109 Å². The van der Waals surface area contributed by atoms with Crippen molar-refractivity contribution in [2.45, 2.75) is 0 Å². The van der Waals surface area contributed by atoms with Crippen molar-refractivity contribution in [1.29, 1.82) is 0 Å². The summed E-state index contributed by atoms with van der Waals surface area (Å²) in [6, 6.07) is 5.99. The third-order valence-corrected chi connectivity index (χ3v) is 2.11. The molecule has 1 aromatic rings. The normalized spacial score (nSPS) is 9.32. The molecular formula is C13H12O6. The van der Waals surface area contributed by atoms with Gasteiger partial charge in [0.15, 0.2) is 0 Å². The van der Waals surface area contributed by atoms with Crippen LogP contribution >= 0.6 is 0 Å². The predicted molar refractivity (Wildman–Crippen MR) is 64.4 cm³/mol. The Morgan fingerprint density at radius 1 is 1.11 bits per heavy atom. The molecule has 0 bridgehead atoms. The number of ether oxygens (including phenoxy) is 3. The third-order valence-electron chi connectivity index (χ3n) is 2.11. The Bertz CT molecular complexity index is 506. The van der Waals surface area contributed by atoms with Crippen LogP contribution in [0.4, 0.5) is 0 Å². The predicted octanol–water partition coefficient (Wildman–Crippen LogP) is 1.32. The van der Waals surface area contributed by atoms with Crippen molar-refractivity contribution in [3.63, 3.8) is 0 Å². The van der Waals surface area contributed by atoms with E-state index in [1.54, 1.807) is 12.1 Å². The summed E-state index contributed by atoms with van der Waals surface area (Å²) in [5.74, 6) is -2.16. The zero-order valence-corrected chi connectivity index (χ0v) is 10.3. The lowest BCUT2D eigenvalue weighted by Gasteiger charge is -2.07. The Balaban J connectivity index is 2.74. The van der Waals surface area contributed by atoms with E-state index in [9.17, 15) is 14.4 Å². The van der Waals surface area contributed by atoms with Gasteiger partial charge in [0.05, 0.1) is 18.2 Å². The number of benzene rings is 1. The van der Waals surface area contributed by atoms with E-state index in [0.29, 0.717) is 0 Å². The van der Waals surface area contributed by atoms with Gasteiger partial charge in [0, 0.05) is 6.08 Å². The highest BCUT2D eigenvalue weighted by molar-refractivity contribution is 6.03. The summed E-state index contributed by atoms with van der Waals surface area (Å²) in [7, 11) is 1.20. The second-order valence-electron chi connectivity index (χ2n) is 3.25. The SMILES string of the molecule is C=CC(=O)OCOC(=O)c1ccccc1C(=O)OC. The summed E-state index contributed by atoms with van der Waals surface area (Å²) in [5, 5.41) is 0. The first-order valence-electron chi connectivity index (χ1n) is 5.23. The molecule has 0 unspecified atom stereocenters. The molecule has 0 radical (unpaired) electrons. The Morgan fingerprint density at radius 2 is 1.68 bits per heavy atom. The average molecular weight is 264 g/mol. The molecule has 100 valence electrons. The molecule has 0 N–H and O–H groups in total. The zero-order valence-electron chi connectivity index (χ0n) is 10.3. The van der Waals surface area contributed by atoms with E-state index in [1.807, 2.05) is 0 Å². The molecule has 6 nitrogen and oxygen atoms in total. The summed E-state index contributed by atoms with van der Waals surface area (Å²) in [6.07, 6.45) is 0.941. The lowest BCUT2D eigenvalue weighted by molar-refractivity contribution is -0.146. The van der Waals surface area contributed by atoms with E-state index in [2.05, 4.69) is 16.1 Å². The molecule has 0 atom stereocenters. The molecular weight excluding hydrogens is 252 g/mol. The van der Waals surface area contributed by atoms with Gasteiger partial charge in [-0.05, 0) is 12.1 Å². The van der Waals surface area contributed by atoms with E-state index in [4.69, 9.17) is 4.74 Å². The highest BCUT2D eigenvalue weighted by atomic mass is 16.7. The molecule has 0 spiro atoms. The topological polar surface area (TPSA) is 78.9 Å². The lowest BCUT2D eigenvalue weighted by Crippen LogP contribution is -2.15. The number of hydrogen-bond acceptors (Lipinski definition) is 6. The van der Waals surface area contributed by atoms with Crippen molar-refractivity contribution in [3.05, 3.63) is 48.0 Å². The maximum Gasteiger partial charge on any atom is 0.341 e. The summed E-state index contributed by atoms with van der Waals surface area (Å²) >= 11 is 0. The largest absolute Gasteiger partial charge is 0.465 e. The lowest BCUT2D eigenvalue weighted by atomic mass is 10.1. The highest BCUT2D eigenvalue weighted by Gasteiger charge is 2.18. The van der Waals surface area contributed by atoms with Gasteiger partial charge in [-0.3, -0.25) is 0 Å². The highest BCUT2D eigenvalue weighted by Crippen LogP contribution is 2.11. The van der Waals surface area contributed by atoms with Crippen LogP contribution in [0, 0.1) is 0 Å². The van der Waals surface area contributed by atoms with Crippen LogP contribution < -0.4 is 0 Å². The number of rotatable bonds is 5. The smallest absolute Gasteiger partial charge is 0.341 e. The Morgan fingerprint density at radius 3 is 2.21 bits per heavy atom. The van der Waals surface area contributed by atoms with Crippen LogP contribution in [0.3, 0.4) is 0 Å². The number of esters is 3. The molecule has 0 aliphatic carbocycles. The molecule has 0 saturated carbocycles. The maximum absolute atomic E-state index is 11.7. The van der Waals surface area contributed by atoms with Gasteiger partial charge in [0.25, 0.3) is 0 Å². The fraction of sp³-hybridized carbons (Fsp3) is 0.154. The van der Waals surface area contributed by atoms with Crippen molar-refractivity contribution in [1.82, 2.24) is 0 Å². The monoisotopic (exact) mass is 264 g/mol. The van der Waals surface area contributed by atoms with Gasteiger partial charge < -0.3 is 14.2 Å². The third kappa shape index (κ3) is 3.95. The second-order valence-corrected chi connectivity index (χ2v) is 3.25. The molecule has 0 saturated heterocycles. The Hall–Kier alpha value is -2.63. The van der Waals surface area contributed by atoms with E-state index in [1.165, 1.54) is 19.2 Å². The van der Waals surface area contributed by atoms with Crippen LogP contribution in [0.15, 0.2) is 36.9 Å². The molecule has 0 fully saturated rings. The minimum atomic E-state index is -0.794. The number of methoxy groups -OCH3 is 1. The van der Waals surface area contributed by atoms with Gasteiger partial charge in [0.1, 0.15) is 0 Å². The van der Waals surface area contributed by atoms with Crippen molar-refractivity contribution < 1.29 is 28.6 Å². The first-order chi connectivity index (χ1) is 9.10. The summed E-state index contributed by atoms with van der Waals surface area (Å²) < 4.78 is 13.7. The van der Waals surface area contributed by atoms with Crippen molar-refractivity contribution in [3.8, 4) is 0 Å². The zero-order chi connectivity index (χ0) is 14.3. The molecule has 0 aliphatic heterocycles. The molecule has 0 aromatic heterocycles. The van der Waals surface area contributed by atoms with Crippen LogP contribution in [0.2, 0.25) is 0 Å². The molecule has 1 aromatic carbocycles. The first kappa shape index (κ1) is 14.4. The second kappa shape index (κ2) is 6.95. The fourth-order valence-corrected chi connectivity index (χ4v) is 1.23. The first-order valence-corrected chi connectivity index (χ1v) is 5.23. The quantitative estimate of drug-likeness (QED) is 0.453. The maximum atomic E-state index is 11.7. The molecule has 0 aliphatic rings. The van der Waals surface area contributed by atoms with Gasteiger partial charge in [-0.1, -0.05) is 18.7 Å². The molecule has 0 amide bonds. The summed E-state index contributed by atoms with van der Waals surface area (Å²) in [6.45, 7) is 2.63. The van der Waals surface area contributed by atoms with Gasteiger partial charge in [-0.15, -0.1) is 0 Å². The molecule has 0 heterocycles. The number of carbonyl (C=O) groups is 3. The van der Waals surface area contributed by atoms with E-state index in [-0.39, 0.29) is 11.1 Å². The molecule has 6 heteroatoms. The van der Waals surface area contributed by atoms with Gasteiger partial charge in [0.2, 0.25) is 6.79 Å². The van der Waals surface area contributed by atoms with Crippen molar-refractivity contribution in [2.24, 2.45) is 0 Å². The standard InChI is InChI=1S/C13H12O6/c1-3-11(14)18-8-19-13(16)10-7-5-4-6-9(10)12(15)17-2/h3-7H,1,8H2,2H3. The van der Waals surface area contributed by atoms with Crippen LogP contribution in [-0.2, 0) is 19.0 Å². The van der Waals surface area contributed by atoms with Crippen LogP contribution in [0.25, 0.3) is 0 Å². The number of hydrogen-bond donors (Lipinski definition) is 0. The van der Waals surface area contributed by atoms with E-state index in [0.717, 1.165) is 6.08 Å². The average Bonchev–Trinajstić information content (AvgIpc) is 2.45. The van der Waals surface area contributed by atoms with E-state index < -0.39 is 24.7 Å². The van der Waals surface area contributed by atoms with Gasteiger partial charge in [-0.25, -0.2) is 14.4 Å². The molecule has 1 rings (SSSR count). The minimum absolute atomic E-state index is 0.0315. The summed E-state index contributed by atoms with van der Waals surface area (Å²) in [5.41, 5.74) is 0.106. The van der Waals surface area contributed by atoms with Gasteiger partial charge >= 0.3 is 17.9 Å². The number of carbonyl (C=O) groups excluding carboxylic acids is 3.